The third-order valence-electron chi connectivity index (χ3n) is 5.37. The number of amides is 1. The minimum atomic E-state index is -0.875. The summed E-state index contributed by atoms with van der Waals surface area (Å²) in [5.74, 6) is -1.69. The molecular weight excluding hydrogens is 430 g/mol. The largest absolute Gasteiger partial charge is 0.507 e. The summed E-state index contributed by atoms with van der Waals surface area (Å²) in [5, 5.41) is 21.5. The zero-order valence-electron chi connectivity index (χ0n) is 17.2. The van der Waals surface area contributed by atoms with Crippen molar-refractivity contribution < 1.29 is 24.5 Å². The molecule has 1 unspecified atom stereocenters. The Labute approximate surface area is 189 Å². The number of halogens is 1. The highest BCUT2D eigenvalue weighted by Crippen LogP contribution is 2.42. The van der Waals surface area contributed by atoms with E-state index in [2.05, 4.69) is 0 Å². The van der Waals surface area contributed by atoms with E-state index in [1.54, 1.807) is 36.4 Å². The van der Waals surface area contributed by atoms with Gasteiger partial charge in [-0.2, -0.15) is 0 Å². The minimum Gasteiger partial charge on any atom is -0.507 e. The van der Waals surface area contributed by atoms with Gasteiger partial charge in [-0.05, 0) is 47.5 Å². The maximum atomic E-state index is 13.1. The Hall–Kier alpha value is -3.77. The van der Waals surface area contributed by atoms with Gasteiger partial charge < -0.3 is 19.8 Å². The fraction of sp³-hybridized carbons (Fsp3) is 0.120. The number of Topliss-reactive ketones (excluding diaryl/α,β-unsaturated/α-hetero) is 1. The predicted octanol–water partition coefficient (Wildman–Crippen LogP) is 4.68. The average molecular weight is 450 g/mol. The molecule has 0 aromatic heterocycles. The lowest BCUT2D eigenvalue weighted by molar-refractivity contribution is -0.140. The van der Waals surface area contributed by atoms with E-state index < -0.39 is 17.7 Å². The molecule has 1 aliphatic rings. The molecule has 1 atom stereocenters. The molecule has 3 aromatic carbocycles. The van der Waals surface area contributed by atoms with Gasteiger partial charge in [0.2, 0.25) is 0 Å². The Morgan fingerprint density at radius 1 is 1.03 bits per heavy atom. The number of benzene rings is 3. The van der Waals surface area contributed by atoms with Crippen molar-refractivity contribution in [2.75, 3.05) is 7.11 Å². The summed E-state index contributed by atoms with van der Waals surface area (Å²) < 4.78 is 5.21. The zero-order valence-corrected chi connectivity index (χ0v) is 17.9. The van der Waals surface area contributed by atoms with Crippen LogP contribution in [0.15, 0.2) is 78.4 Å². The van der Waals surface area contributed by atoms with Crippen LogP contribution in [0.1, 0.15) is 22.7 Å². The van der Waals surface area contributed by atoms with Crippen LogP contribution in [0.4, 0.5) is 0 Å². The fourth-order valence-corrected chi connectivity index (χ4v) is 3.92. The molecule has 6 nitrogen and oxygen atoms in total. The van der Waals surface area contributed by atoms with Crippen molar-refractivity contribution in [3.63, 3.8) is 0 Å². The van der Waals surface area contributed by atoms with E-state index >= 15 is 0 Å². The number of nitrogens with zero attached hydrogens (tertiary/aromatic N) is 1. The third kappa shape index (κ3) is 3.92. The molecule has 0 bridgehead atoms. The first-order valence-electron chi connectivity index (χ1n) is 9.86. The van der Waals surface area contributed by atoms with Gasteiger partial charge in [0, 0.05) is 17.1 Å². The Morgan fingerprint density at radius 2 is 1.72 bits per heavy atom. The molecule has 1 fully saturated rings. The number of aliphatic hydroxyl groups is 1. The number of phenolic OH excluding ortho intramolecular Hbond substituents is 1. The number of carbonyl (C=O) groups excluding carboxylic acids is 2. The van der Waals surface area contributed by atoms with Gasteiger partial charge in [-0.25, -0.2) is 0 Å². The molecule has 0 saturated carbocycles. The molecule has 7 heteroatoms. The first-order valence-corrected chi connectivity index (χ1v) is 10.2. The van der Waals surface area contributed by atoms with E-state index in [1.165, 1.54) is 18.1 Å². The van der Waals surface area contributed by atoms with Crippen LogP contribution in [-0.2, 0) is 16.1 Å². The van der Waals surface area contributed by atoms with Crippen LogP contribution in [0.3, 0.4) is 0 Å². The van der Waals surface area contributed by atoms with Gasteiger partial charge >= 0.3 is 0 Å². The highest BCUT2D eigenvalue weighted by atomic mass is 35.5. The molecule has 1 heterocycles. The monoisotopic (exact) mass is 449 g/mol. The lowest BCUT2D eigenvalue weighted by atomic mass is 9.95. The number of ether oxygens (including phenoxy) is 1. The second kappa shape index (κ2) is 8.77. The normalized spacial score (nSPS) is 17.6. The second-order valence-electron chi connectivity index (χ2n) is 7.35. The number of hydrogen-bond donors (Lipinski definition) is 2. The number of hydrogen-bond acceptors (Lipinski definition) is 5. The van der Waals surface area contributed by atoms with Crippen molar-refractivity contribution >= 4 is 29.1 Å². The fourth-order valence-electron chi connectivity index (χ4n) is 3.80. The van der Waals surface area contributed by atoms with Crippen LogP contribution in [-0.4, -0.2) is 33.9 Å². The Morgan fingerprint density at radius 3 is 2.38 bits per heavy atom. The molecule has 1 saturated heterocycles. The Balaban J connectivity index is 1.89. The lowest BCUT2D eigenvalue weighted by Gasteiger charge is -2.26. The van der Waals surface area contributed by atoms with Crippen molar-refractivity contribution in [3.8, 4) is 11.5 Å². The molecular formula is C25H20ClNO5. The summed E-state index contributed by atoms with van der Waals surface area (Å²) in [7, 11) is 1.41. The number of methoxy groups -OCH3 is 1. The highest BCUT2D eigenvalue weighted by molar-refractivity contribution is 6.46. The Kier molecular flexibility index (Phi) is 5.88. The summed E-state index contributed by atoms with van der Waals surface area (Å²) in [6.07, 6.45) is 0. The summed E-state index contributed by atoms with van der Waals surface area (Å²) in [6.45, 7) is 0.163. The third-order valence-corrected chi connectivity index (χ3v) is 5.62. The number of likely N-dealkylation sites (tertiary alicyclic amines) is 1. The number of aliphatic hydroxyl groups excluding tert-OH is 1. The van der Waals surface area contributed by atoms with Crippen molar-refractivity contribution in [2.24, 2.45) is 0 Å². The van der Waals surface area contributed by atoms with Gasteiger partial charge in [0.1, 0.15) is 5.76 Å². The lowest BCUT2D eigenvalue weighted by Crippen LogP contribution is -2.29. The maximum absolute atomic E-state index is 13.1. The number of aromatic hydroxyl groups is 1. The van der Waals surface area contributed by atoms with Crippen LogP contribution in [0, 0.1) is 0 Å². The van der Waals surface area contributed by atoms with Gasteiger partial charge in [-0.3, -0.25) is 9.59 Å². The van der Waals surface area contributed by atoms with E-state index in [9.17, 15) is 19.8 Å². The molecule has 3 aromatic rings. The quantitative estimate of drug-likeness (QED) is 0.335. The first-order chi connectivity index (χ1) is 15.4. The molecule has 162 valence electrons. The zero-order chi connectivity index (χ0) is 22.8. The van der Waals surface area contributed by atoms with E-state index in [0.29, 0.717) is 16.1 Å². The summed E-state index contributed by atoms with van der Waals surface area (Å²) in [4.78, 5) is 27.5. The van der Waals surface area contributed by atoms with Gasteiger partial charge in [-0.1, -0.05) is 48.0 Å². The van der Waals surface area contributed by atoms with Crippen LogP contribution in [0.5, 0.6) is 11.5 Å². The number of phenols is 1. The molecule has 1 aliphatic heterocycles. The van der Waals surface area contributed by atoms with Gasteiger partial charge in [0.15, 0.2) is 11.5 Å². The molecule has 4 rings (SSSR count). The van der Waals surface area contributed by atoms with Crippen LogP contribution >= 0.6 is 11.6 Å². The SMILES string of the molecule is COc1cc(C2C(=C(O)c3ccc(Cl)cc3)C(=O)C(=O)N2Cc2ccccc2)ccc1O. The van der Waals surface area contributed by atoms with Gasteiger partial charge in [0.25, 0.3) is 11.7 Å². The summed E-state index contributed by atoms with van der Waals surface area (Å²) >= 11 is 5.95. The topological polar surface area (TPSA) is 87.1 Å². The number of ketones is 1. The van der Waals surface area contributed by atoms with Crippen molar-refractivity contribution in [2.45, 2.75) is 12.6 Å². The molecule has 0 spiro atoms. The smallest absolute Gasteiger partial charge is 0.295 e. The van der Waals surface area contributed by atoms with Crippen LogP contribution in [0.25, 0.3) is 5.76 Å². The van der Waals surface area contributed by atoms with Gasteiger partial charge in [-0.15, -0.1) is 0 Å². The van der Waals surface area contributed by atoms with Crippen molar-refractivity contribution in [3.05, 3.63) is 100 Å². The maximum Gasteiger partial charge on any atom is 0.295 e. The minimum absolute atomic E-state index is 0.0407. The van der Waals surface area contributed by atoms with Gasteiger partial charge in [0.05, 0.1) is 18.7 Å². The van der Waals surface area contributed by atoms with E-state index in [1.807, 2.05) is 30.3 Å². The predicted molar refractivity (Wildman–Crippen MR) is 120 cm³/mol. The number of rotatable bonds is 5. The van der Waals surface area contributed by atoms with Crippen LogP contribution in [0.2, 0.25) is 5.02 Å². The standard InChI is InChI=1S/C25H20ClNO5/c1-32-20-13-17(9-12-19(20)28)22-21(23(29)16-7-10-18(26)11-8-16)24(30)25(31)27(22)14-15-5-3-2-4-6-15/h2-13,22,28-29H,14H2,1H3. The van der Waals surface area contributed by atoms with E-state index in [4.69, 9.17) is 16.3 Å². The van der Waals surface area contributed by atoms with E-state index in [0.717, 1.165) is 5.56 Å². The highest BCUT2D eigenvalue weighted by Gasteiger charge is 2.46. The summed E-state index contributed by atoms with van der Waals surface area (Å²) in [6, 6.07) is 19.3. The summed E-state index contributed by atoms with van der Waals surface area (Å²) in [5.41, 5.74) is 1.67. The molecule has 1 amide bonds. The average Bonchev–Trinajstić information content (AvgIpc) is 3.05. The Bertz CT molecular complexity index is 1200. The van der Waals surface area contributed by atoms with E-state index in [-0.39, 0.29) is 29.4 Å². The van der Waals surface area contributed by atoms with Crippen molar-refractivity contribution in [1.29, 1.82) is 0 Å². The second-order valence-corrected chi connectivity index (χ2v) is 7.79. The van der Waals surface area contributed by atoms with Crippen molar-refractivity contribution in [1.82, 2.24) is 4.90 Å². The molecule has 0 aliphatic carbocycles. The van der Waals surface area contributed by atoms with Crippen LogP contribution < -0.4 is 4.74 Å². The number of carbonyl (C=O) groups is 2. The molecule has 32 heavy (non-hydrogen) atoms. The first kappa shape index (κ1) is 21.5. The molecule has 0 radical (unpaired) electrons. The molecule has 2 N–H and O–H groups in total.